The van der Waals surface area contributed by atoms with E-state index in [1.165, 1.54) is 0 Å². The van der Waals surface area contributed by atoms with Crippen LogP contribution < -0.4 is 10.1 Å². The van der Waals surface area contributed by atoms with Crippen molar-refractivity contribution < 1.29 is 14.3 Å². The average Bonchev–Trinajstić information content (AvgIpc) is 3.25. The molecule has 8 heteroatoms. The van der Waals surface area contributed by atoms with Crippen LogP contribution in [0.15, 0.2) is 54.7 Å². The highest BCUT2D eigenvalue weighted by atomic mass is 35.5. The van der Waals surface area contributed by atoms with Crippen LogP contribution in [0.5, 0.6) is 5.75 Å². The van der Waals surface area contributed by atoms with Crippen molar-refractivity contribution in [3.63, 3.8) is 0 Å². The van der Waals surface area contributed by atoms with E-state index in [1.54, 1.807) is 47.2 Å². The van der Waals surface area contributed by atoms with Crippen LogP contribution in [0.1, 0.15) is 34.7 Å². The number of rotatable bonds is 7. The molecule has 156 valence electrons. The second kappa shape index (κ2) is 9.45. The molecule has 1 aromatic heterocycles. The van der Waals surface area contributed by atoms with E-state index >= 15 is 0 Å². The molecule has 3 aromatic rings. The summed E-state index contributed by atoms with van der Waals surface area (Å²) in [6.07, 6.45) is 1.70. The number of anilines is 1. The molecule has 0 unspecified atom stereocenters. The summed E-state index contributed by atoms with van der Waals surface area (Å²) in [6, 6.07) is 13.8. The van der Waals surface area contributed by atoms with Gasteiger partial charge in [0.1, 0.15) is 5.75 Å². The number of halogens is 1. The van der Waals surface area contributed by atoms with Crippen molar-refractivity contribution in [2.45, 2.75) is 13.8 Å². The maximum atomic E-state index is 12.6. The number of ether oxygens (including phenoxy) is 1. The maximum Gasteiger partial charge on any atom is 0.276 e. The van der Waals surface area contributed by atoms with Gasteiger partial charge in [0.15, 0.2) is 5.69 Å². The Balaban J connectivity index is 1.72. The summed E-state index contributed by atoms with van der Waals surface area (Å²) >= 11 is 6.29. The van der Waals surface area contributed by atoms with Crippen molar-refractivity contribution in [1.82, 2.24) is 14.7 Å². The van der Waals surface area contributed by atoms with Crippen molar-refractivity contribution in [3.8, 4) is 11.4 Å². The van der Waals surface area contributed by atoms with E-state index in [-0.39, 0.29) is 22.5 Å². The fourth-order valence-electron chi connectivity index (χ4n) is 2.97. The predicted molar refractivity (Wildman–Crippen MR) is 117 cm³/mol. The van der Waals surface area contributed by atoms with Crippen LogP contribution in [0.25, 0.3) is 5.69 Å². The van der Waals surface area contributed by atoms with Gasteiger partial charge < -0.3 is 15.0 Å². The van der Waals surface area contributed by atoms with Crippen LogP contribution in [-0.4, -0.2) is 46.7 Å². The Morgan fingerprint density at radius 3 is 2.40 bits per heavy atom. The fourth-order valence-corrected chi connectivity index (χ4v) is 3.23. The molecule has 2 amide bonds. The number of amides is 2. The molecule has 3 rings (SSSR count). The smallest absolute Gasteiger partial charge is 0.276 e. The van der Waals surface area contributed by atoms with Gasteiger partial charge in [-0.2, -0.15) is 5.10 Å². The topological polar surface area (TPSA) is 76.5 Å². The summed E-state index contributed by atoms with van der Waals surface area (Å²) < 4.78 is 6.75. The van der Waals surface area contributed by atoms with Crippen LogP contribution in [0, 0.1) is 0 Å². The molecule has 0 saturated carbocycles. The molecule has 0 radical (unpaired) electrons. The quantitative estimate of drug-likeness (QED) is 0.612. The number of benzene rings is 2. The predicted octanol–water partition coefficient (Wildman–Crippen LogP) is 4.27. The number of methoxy groups -OCH3 is 1. The summed E-state index contributed by atoms with van der Waals surface area (Å²) in [5.41, 5.74) is 1.95. The Kier molecular flexibility index (Phi) is 6.74. The molecule has 1 heterocycles. The molecule has 0 aliphatic heterocycles. The minimum Gasteiger partial charge on any atom is -0.497 e. The lowest BCUT2D eigenvalue weighted by Crippen LogP contribution is -2.30. The van der Waals surface area contributed by atoms with Crippen LogP contribution >= 0.6 is 11.6 Å². The Hall–Kier alpha value is -3.32. The van der Waals surface area contributed by atoms with E-state index in [0.717, 1.165) is 11.4 Å². The Labute approximate surface area is 180 Å². The number of hydrogen-bond acceptors (Lipinski definition) is 4. The summed E-state index contributed by atoms with van der Waals surface area (Å²) in [5.74, 6) is 0.228. The van der Waals surface area contributed by atoms with Crippen molar-refractivity contribution in [1.29, 1.82) is 0 Å². The van der Waals surface area contributed by atoms with Crippen molar-refractivity contribution in [2.24, 2.45) is 0 Å². The average molecular weight is 427 g/mol. The van der Waals surface area contributed by atoms with E-state index in [4.69, 9.17) is 16.3 Å². The zero-order chi connectivity index (χ0) is 21.7. The van der Waals surface area contributed by atoms with Gasteiger partial charge in [0, 0.05) is 25.0 Å². The largest absolute Gasteiger partial charge is 0.497 e. The zero-order valence-corrected chi connectivity index (χ0v) is 17.8. The van der Waals surface area contributed by atoms with E-state index < -0.39 is 0 Å². The van der Waals surface area contributed by atoms with Gasteiger partial charge in [0.25, 0.3) is 11.8 Å². The normalized spacial score (nSPS) is 10.5. The number of carbonyl (C=O) groups is 2. The van der Waals surface area contributed by atoms with Crippen molar-refractivity contribution in [3.05, 3.63) is 71.0 Å². The van der Waals surface area contributed by atoms with Crippen LogP contribution in [0.4, 0.5) is 5.69 Å². The molecule has 0 fully saturated rings. The number of nitrogens with zero attached hydrogens (tertiary/aromatic N) is 3. The molecule has 0 saturated heterocycles. The standard InChI is InChI=1S/C22H23ClN4O3/c1-4-26(5-2)22(29)18-11-6-15(14-19(18)23)24-21(28)20-12-13-27(25-20)16-7-9-17(30-3)10-8-16/h6-14H,4-5H2,1-3H3,(H,24,28). The van der Waals surface area contributed by atoms with E-state index in [1.807, 2.05) is 38.1 Å². The molecule has 7 nitrogen and oxygen atoms in total. The Morgan fingerprint density at radius 2 is 1.80 bits per heavy atom. The number of nitrogens with one attached hydrogen (secondary N) is 1. The first-order valence-corrected chi connectivity index (χ1v) is 9.94. The third kappa shape index (κ3) is 4.63. The molecule has 30 heavy (non-hydrogen) atoms. The molecule has 0 aliphatic carbocycles. The minimum absolute atomic E-state index is 0.138. The van der Waals surface area contributed by atoms with Gasteiger partial charge >= 0.3 is 0 Å². The van der Waals surface area contributed by atoms with E-state index in [0.29, 0.717) is 24.3 Å². The SMILES string of the molecule is CCN(CC)C(=O)c1ccc(NC(=O)c2ccn(-c3ccc(OC)cc3)n2)cc1Cl. The summed E-state index contributed by atoms with van der Waals surface area (Å²) in [5, 5.41) is 7.36. The highest BCUT2D eigenvalue weighted by molar-refractivity contribution is 6.34. The molecule has 2 aromatic carbocycles. The van der Waals surface area contributed by atoms with Crippen LogP contribution in [0.3, 0.4) is 0 Å². The van der Waals surface area contributed by atoms with E-state index in [9.17, 15) is 9.59 Å². The Morgan fingerprint density at radius 1 is 1.10 bits per heavy atom. The molecule has 0 spiro atoms. The summed E-state index contributed by atoms with van der Waals surface area (Å²) in [6.45, 7) is 5.02. The maximum absolute atomic E-state index is 12.6. The lowest BCUT2D eigenvalue weighted by Gasteiger charge is -2.19. The fraction of sp³-hybridized carbons (Fsp3) is 0.227. The second-order valence-corrected chi connectivity index (χ2v) is 6.88. The first kappa shape index (κ1) is 21.4. The van der Waals surface area contributed by atoms with Crippen LogP contribution in [-0.2, 0) is 0 Å². The van der Waals surface area contributed by atoms with Gasteiger partial charge in [-0.1, -0.05) is 11.6 Å². The highest BCUT2D eigenvalue weighted by Gasteiger charge is 2.17. The summed E-state index contributed by atoms with van der Waals surface area (Å²) in [4.78, 5) is 26.7. The van der Waals surface area contributed by atoms with Gasteiger partial charge in [-0.05, 0) is 62.4 Å². The zero-order valence-electron chi connectivity index (χ0n) is 17.1. The summed E-state index contributed by atoms with van der Waals surface area (Å²) in [7, 11) is 1.60. The third-order valence-corrected chi connectivity index (χ3v) is 4.98. The monoisotopic (exact) mass is 426 g/mol. The minimum atomic E-state index is -0.374. The molecule has 1 N–H and O–H groups in total. The van der Waals surface area contributed by atoms with Crippen molar-refractivity contribution >= 4 is 29.1 Å². The van der Waals surface area contributed by atoms with Gasteiger partial charge in [0.2, 0.25) is 0 Å². The first-order chi connectivity index (χ1) is 14.5. The van der Waals surface area contributed by atoms with Gasteiger partial charge in [-0.25, -0.2) is 4.68 Å². The number of hydrogen-bond donors (Lipinski definition) is 1. The lowest BCUT2D eigenvalue weighted by molar-refractivity contribution is 0.0773. The van der Waals surface area contributed by atoms with Crippen molar-refractivity contribution in [2.75, 3.05) is 25.5 Å². The molecule has 0 aliphatic rings. The highest BCUT2D eigenvalue weighted by Crippen LogP contribution is 2.23. The second-order valence-electron chi connectivity index (χ2n) is 6.47. The van der Waals surface area contributed by atoms with Gasteiger partial charge in [-0.3, -0.25) is 9.59 Å². The first-order valence-electron chi connectivity index (χ1n) is 9.57. The molecule has 0 bridgehead atoms. The molecular formula is C22H23ClN4O3. The third-order valence-electron chi connectivity index (χ3n) is 4.67. The lowest BCUT2D eigenvalue weighted by atomic mass is 10.1. The van der Waals surface area contributed by atoms with Crippen LogP contribution in [0.2, 0.25) is 5.02 Å². The van der Waals surface area contributed by atoms with Gasteiger partial charge in [-0.15, -0.1) is 0 Å². The molecular weight excluding hydrogens is 404 g/mol. The number of aromatic nitrogens is 2. The molecule has 0 atom stereocenters. The van der Waals surface area contributed by atoms with Gasteiger partial charge in [0.05, 0.1) is 23.4 Å². The Bertz CT molecular complexity index is 1040. The number of carbonyl (C=O) groups excluding carboxylic acids is 2. The van der Waals surface area contributed by atoms with E-state index in [2.05, 4.69) is 10.4 Å².